The molecule has 0 saturated heterocycles. The van der Waals surface area contributed by atoms with Crippen LogP contribution >= 0.6 is 0 Å². The highest BCUT2D eigenvalue weighted by Crippen LogP contribution is 2.33. The highest BCUT2D eigenvalue weighted by Gasteiger charge is 2.11. The summed E-state index contributed by atoms with van der Waals surface area (Å²) in [6.07, 6.45) is 1.90. The summed E-state index contributed by atoms with van der Waals surface area (Å²) < 4.78 is 7.03. The molecule has 84 valence electrons. The fourth-order valence-corrected chi connectivity index (χ4v) is 1.75. The van der Waals surface area contributed by atoms with Crippen LogP contribution in [0.5, 0.6) is 5.75 Å². The quantitative estimate of drug-likeness (QED) is 0.836. The van der Waals surface area contributed by atoms with E-state index >= 15 is 0 Å². The van der Waals surface area contributed by atoms with E-state index < -0.39 is 0 Å². The Kier molecular flexibility index (Phi) is 2.56. The van der Waals surface area contributed by atoms with Gasteiger partial charge in [0.05, 0.1) is 7.11 Å². The lowest BCUT2D eigenvalue weighted by Gasteiger charge is -2.08. The fourth-order valence-electron chi connectivity index (χ4n) is 1.75. The summed E-state index contributed by atoms with van der Waals surface area (Å²) in [4.78, 5) is 0. The second-order valence-corrected chi connectivity index (χ2v) is 3.81. The van der Waals surface area contributed by atoms with E-state index in [1.54, 1.807) is 11.8 Å². The van der Waals surface area contributed by atoms with Crippen molar-refractivity contribution in [3.05, 3.63) is 30.0 Å². The molecule has 4 heteroatoms. The molecule has 2 rings (SSSR count). The van der Waals surface area contributed by atoms with Crippen LogP contribution in [0.4, 0.5) is 5.82 Å². The van der Waals surface area contributed by atoms with Gasteiger partial charge in [0.1, 0.15) is 5.75 Å². The van der Waals surface area contributed by atoms with E-state index in [1.165, 1.54) is 5.56 Å². The summed E-state index contributed by atoms with van der Waals surface area (Å²) in [5, 5.41) is 4.13. The zero-order valence-electron chi connectivity index (χ0n) is 9.69. The molecule has 0 amide bonds. The first-order valence-electron chi connectivity index (χ1n) is 5.06. The van der Waals surface area contributed by atoms with Gasteiger partial charge in [-0.1, -0.05) is 11.6 Å². The van der Waals surface area contributed by atoms with E-state index in [-0.39, 0.29) is 0 Å². The lowest BCUT2D eigenvalue weighted by Crippen LogP contribution is -1.92. The highest BCUT2D eigenvalue weighted by atomic mass is 16.5. The molecule has 2 aromatic rings. The van der Waals surface area contributed by atoms with Gasteiger partial charge in [0, 0.05) is 24.4 Å². The van der Waals surface area contributed by atoms with Gasteiger partial charge in [0.2, 0.25) is 0 Å². The Morgan fingerprint density at radius 1 is 1.31 bits per heavy atom. The first-order chi connectivity index (χ1) is 7.61. The van der Waals surface area contributed by atoms with Crippen molar-refractivity contribution in [3.63, 3.8) is 0 Å². The number of rotatable bonds is 2. The molecule has 0 aliphatic heterocycles. The maximum atomic E-state index is 5.86. The Morgan fingerprint density at radius 2 is 2.06 bits per heavy atom. The van der Waals surface area contributed by atoms with Crippen molar-refractivity contribution in [2.45, 2.75) is 6.92 Å². The van der Waals surface area contributed by atoms with Crippen molar-refractivity contribution < 1.29 is 4.74 Å². The number of hydrogen-bond donors (Lipinski definition) is 1. The van der Waals surface area contributed by atoms with Gasteiger partial charge >= 0.3 is 0 Å². The second kappa shape index (κ2) is 3.89. The lowest BCUT2D eigenvalue weighted by molar-refractivity contribution is 0.416. The lowest BCUT2D eigenvalue weighted by atomic mass is 10.0. The van der Waals surface area contributed by atoms with Gasteiger partial charge in [-0.05, 0) is 19.1 Å². The smallest absolute Gasteiger partial charge is 0.153 e. The number of nitrogens with two attached hydrogens (primary N) is 1. The monoisotopic (exact) mass is 217 g/mol. The first-order valence-corrected chi connectivity index (χ1v) is 5.06. The number of nitrogen functional groups attached to an aromatic ring is 1. The molecule has 16 heavy (non-hydrogen) atoms. The summed E-state index contributed by atoms with van der Waals surface area (Å²) in [5.74, 6) is 1.33. The summed E-state index contributed by atoms with van der Waals surface area (Å²) in [6.45, 7) is 2.04. The van der Waals surface area contributed by atoms with Crippen molar-refractivity contribution in [3.8, 4) is 16.9 Å². The van der Waals surface area contributed by atoms with E-state index in [1.807, 2.05) is 38.4 Å². The van der Waals surface area contributed by atoms with Gasteiger partial charge in [0.25, 0.3) is 0 Å². The van der Waals surface area contributed by atoms with Gasteiger partial charge in [-0.3, -0.25) is 4.68 Å². The van der Waals surface area contributed by atoms with Gasteiger partial charge in [-0.2, -0.15) is 5.10 Å². The molecule has 2 N–H and O–H groups in total. The van der Waals surface area contributed by atoms with E-state index in [2.05, 4.69) is 5.10 Å². The van der Waals surface area contributed by atoms with E-state index in [0.29, 0.717) is 5.82 Å². The molecule has 0 fully saturated rings. The summed E-state index contributed by atoms with van der Waals surface area (Å²) >= 11 is 0. The topological polar surface area (TPSA) is 53.1 Å². The third kappa shape index (κ3) is 1.74. The molecule has 0 radical (unpaired) electrons. The second-order valence-electron chi connectivity index (χ2n) is 3.81. The number of benzene rings is 1. The first kappa shape index (κ1) is 10.5. The molecule has 0 spiro atoms. The van der Waals surface area contributed by atoms with Crippen LogP contribution in [0.3, 0.4) is 0 Å². The number of hydrogen-bond acceptors (Lipinski definition) is 3. The molecule has 0 aliphatic carbocycles. The average Bonchev–Trinajstić information content (AvgIpc) is 2.57. The molecular weight excluding hydrogens is 202 g/mol. The Hall–Kier alpha value is -1.97. The van der Waals surface area contributed by atoms with Crippen LogP contribution in [-0.2, 0) is 7.05 Å². The largest absolute Gasteiger partial charge is 0.496 e. The van der Waals surface area contributed by atoms with Crippen LogP contribution in [0.1, 0.15) is 5.56 Å². The molecular formula is C12H15N3O. The van der Waals surface area contributed by atoms with Gasteiger partial charge in [0.15, 0.2) is 5.82 Å². The predicted molar refractivity (Wildman–Crippen MR) is 64.3 cm³/mol. The molecule has 1 heterocycles. The number of methoxy groups -OCH3 is 1. The summed E-state index contributed by atoms with van der Waals surface area (Å²) in [6, 6.07) is 6.00. The van der Waals surface area contributed by atoms with Crippen molar-refractivity contribution >= 4 is 5.82 Å². The van der Waals surface area contributed by atoms with Crippen LogP contribution in [0, 0.1) is 6.92 Å². The Labute approximate surface area is 94.6 Å². The third-order valence-corrected chi connectivity index (χ3v) is 2.50. The minimum Gasteiger partial charge on any atom is -0.496 e. The van der Waals surface area contributed by atoms with Gasteiger partial charge in [-0.25, -0.2) is 0 Å². The third-order valence-electron chi connectivity index (χ3n) is 2.50. The van der Waals surface area contributed by atoms with Crippen LogP contribution in [0.15, 0.2) is 24.4 Å². The average molecular weight is 217 g/mol. The van der Waals surface area contributed by atoms with E-state index in [4.69, 9.17) is 10.5 Å². The highest BCUT2D eigenvalue weighted by molar-refractivity contribution is 5.78. The predicted octanol–water partition coefficient (Wildman–Crippen LogP) is 1.99. The summed E-state index contributed by atoms with van der Waals surface area (Å²) in [5.41, 5.74) is 8.91. The number of nitrogens with zero attached hydrogens (tertiary/aromatic N) is 2. The fraction of sp³-hybridized carbons (Fsp3) is 0.250. The Morgan fingerprint density at radius 3 is 2.62 bits per heavy atom. The normalized spacial score (nSPS) is 10.4. The number of anilines is 1. The zero-order chi connectivity index (χ0) is 11.7. The SMILES string of the molecule is COc1ccc(C)cc1-c1cn(C)nc1N. The van der Waals surface area contributed by atoms with Crippen molar-refractivity contribution in [1.82, 2.24) is 9.78 Å². The van der Waals surface area contributed by atoms with Crippen LogP contribution in [0.25, 0.3) is 11.1 Å². The van der Waals surface area contributed by atoms with Crippen molar-refractivity contribution in [2.24, 2.45) is 7.05 Å². The molecule has 0 atom stereocenters. The standard InChI is InChI=1S/C12H15N3O/c1-8-4-5-11(16-3)9(6-8)10-7-15(2)14-12(10)13/h4-7H,1-3H3,(H2,13,14). The molecule has 0 unspecified atom stereocenters. The van der Waals surface area contributed by atoms with Crippen LogP contribution in [0.2, 0.25) is 0 Å². The van der Waals surface area contributed by atoms with Crippen molar-refractivity contribution in [1.29, 1.82) is 0 Å². The molecule has 0 bridgehead atoms. The Bertz CT molecular complexity index is 517. The molecule has 1 aromatic carbocycles. The molecule has 4 nitrogen and oxygen atoms in total. The van der Waals surface area contributed by atoms with Crippen LogP contribution < -0.4 is 10.5 Å². The zero-order valence-corrected chi connectivity index (χ0v) is 9.69. The summed E-state index contributed by atoms with van der Waals surface area (Å²) in [7, 11) is 3.50. The minimum atomic E-state index is 0.520. The van der Waals surface area contributed by atoms with Crippen LogP contribution in [-0.4, -0.2) is 16.9 Å². The number of ether oxygens (including phenoxy) is 1. The van der Waals surface area contributed by atoms with Crippen molar-refractivity contribution in [2.75, 3.05) is 12.8 Å². The van der Waals surface area contributed by atoms with Gasteiger partial charge in [-0.15, -0.1) is 0 Å². The minimum absolute atomic E-state index is 0.520. The molecule has 0 saturated carbocycles. The number of aromatic nitrogens is 2. The number of aryl methyl sites for hydroxylation is 2. The maximum Gasteiger partial charge on any atom is 0.153 e. The Balaban J connectivity index is 2.62. The van der Waals surface area contributed by atoms with E-state index in [9.17, 15) is 0 Å². The van der Waals surface area contributed by atoms with Gasteiger partial charge < -0.3 is 10.5 Å². The molecule has 0 aliphatic rings. The maximum absolute atomic E-state index is 5.86. The molecule has 1 aromatic heterocycles. The van der Waals surface area contributed by atoms with E-state index in [0.717, 1.165) is 16.9 Å².